The maximum absolute atomic E-state index is 11.9. The van der Waals surface area contributed by atoms with Crippen molar-refractivity contribution in [3.05, 3.63) is 47.8 Å². The van der Waals surface area contributed by atoms with Crippen molar-refractivity contribution in [1.29, 1.82) is 0 Å². The summed E-state index contributed by atoms with van der Waals surface area (Å²) in [6.45, 7) is 0. The van der Waals surface area contributed by atoms with Gasteiger partial charge in [-0.15, -0.1) is 0 Å². The predicted molar refractivity (Wildman–Crippen MR) is 76.7 cm³/mol. The number of nitrogens with one attached hydrogen (secondary N) is 1. The van der Waals surface area contributed by atoms with Gasteiger partial charge in [-0.05, 0) is 29.8 Å². The molecular weight excluding hydrogens is 272 g/mol. The Kier molecular flexibility index (Phi) is 2.50. The van der Waals surface area contributed by atoms with Crippen molar-refractivity contribution in [2.75, 3.05) is 5.32 Å². The smallest absolute Gasteiger partial charge is 0.225 e. The van der Waals surface area contributed by atoms with Crippen LogP contribution < -0.4 is 5.32 Å². The molecule has 1 amide bonds. The monoisotopic (exact) mass is 282 g/mol. The summed E-state index contributed by atoms with van der Waals surface area (Å²) in [5, 5.41) is 2.92. The summed E-state index contributed by atoms with van der Waals surface area (Å²) >= 11 is 1.20. The number of nitrogens with zero attached hydrogens (tertiary/aromatic N) is 3. The van der Waals surface area contributed by atoms with Crippen LogP contribution in [-0.2, 0) is 4.79 Å². The Balaban J connectivity index is 1.99. The van der Waals surface area contributed by atoms with Crippen molar-refractivity contribution >= 4 is 34.4 Å². The van der Waals surface area contributed by atoms with Crippen molar-refractivity contribution in [3.63, 3.8) is 0 Å². The van der Waals surface area contributed by atoms with Crippen LogP contribution in [0.2, 0.25) is 0 Å². The van der Waals surface area contributed by atoms with E-state index in [9.17, 15) is 4.79 Å². The lowest BCUT2D eigenvalue weighted by Crippen LogP contribution is -2.23. The average Bonchev–Trinajstić information content (AvgIpc) is 2.95. The Hall–Kier alpha value is -2.34. The first-order valence-corrected chi connectivity index (χ1v) is 7.01. The van der Waals surface area contributed by atoms with Crippen molar-refractivity contribution in [2.45, 2.75) is 12.3 Å². The zero-order chi connectivity index (χ0) is 13.5. The first-order valence-electron chi connectivity index (χ1n) is 6.28. The molecule has 0 saturated heterocycles. The van der Waals surface area contributed by atoms with Crippen molar-refractivity contribution in [1.82, 2.24) is 13.7 Å². The van der Waals surface area contributed by atoms with Gasteiger partial charge in [-0.25, -0.2) is 0 Å². The Morgan fingerprint density at radius 1 is 1.15 bits per heavy atom. The van der Waals surface area contributed by atoms with Gasteiger partial charge in [0.25, 0.3) is 0 Å². The zero-order valence-corrected chi connectivity index (χ0v) is 11.2. The van der Waals surface area contributed by atoms with Gasteiger partial charge < -0.3 is 5.32 Å². The minimum absolute atomic E-state index is 0.00866. The number of pyridine rings is 1. The van der Waals surface area contributed by atoms with Crippen LogP contribution in [0.4, 0.5) is 5.69 Å². The van der Waals surface area contributed by atoms with E-state index >= 15 is 0 Å². The molecule has 0 bridgehead atoms. The highest BCUT2D eigenvalue weighted by Crippen LogP contribution is 2.40. The van der Waals surface area contributed by atoms with Crippen molar-refractivity contribution in [2.24, 2.45) is 0 Å². The van der Waals surface area contributed by atoms with Gasteiger partial charge in [0.05, 0.1) is 11.7 Å². The van der Waals surface area contributed by atoms with Gasteiger partial charge >= 0.3 is 0 Å². The van der Waals surface area contributed by atoms with Gasteiger partial charge in [0.15, 0.2) is 0 Å². The molecule has 20 heavy (non-hydrogen) atoms. The second kappa shape index (κ2) is 4.35. The molecule has 0 fully saturated rings. The Labute approximate surface area is 119 Å². The summed E-state index contributed by atoms with van der Waals surface area (Å²) in [5.74, 6) is 0.0381. The number of amides is 1. The van der Waals surface area contributed by atoms with Gasteiger partial charge in [0.2, 0.25) is 5.91 Å². The standard InChI is InChI=1S/C14H10N4OS/c19-12-7-9(8-3-5-15-6-4-8)13-10(16-12)1-2-11-14(13)18-20-17-11/h1-6,9H,7H2,(H,16,19)/t9-/m0/s1. The van der Waals surface area contributed by atoms with E-state index in [0.29, 0.717) is 6.42 Å². The Bertz CT molecular complexity index is 799. The molecule has 1 atom stereocenters. The second-order valence-electron chi connectivity index (χ2n) is 4.74. The van der Waals surface area contributed by atoms with E-state index in [1.165, 1.54) is 11.7 Å². The van der Waals surface area contributed by atoms with Gasteiger partial charge in [-0.2, -0.15) is 8.75 Å². The Morgan fingerprint density at radius 2 is 2.00 bits per heavy atom. The summed E-state index contributed by atoms with van der Waals surface area (Å²) < 4.78 is 8.68. The molecule has 2 aromatic heterocycles. The number of fused-ring (bicyclic) bond motifs is 3. The van der Waals surface area contributed by atoms with Crippen LogP contribution in [-0.4, -0.2) is 19.6 Å². The quantitative estimate of drug-likeness (QED) is 0.745. The van der Waals surface area contributed by atoms with Crippen LogP contribution >= 0.6 is 11.7 Å². The molecule has 6 heteroatoms. The number of rotatable bonds is 1. The van der Waals surface area contributed by atoms with Gasteiger partial charge in [-0.1, -0.05) is 0 Å². The normalized spacial score (nSPS) is 17.8. The molecule has 0 unspecified atom stereocenters. The molecule has 1 aliphatic heterocycles. The van der Waals surface area contributed by atoms with Crippen LogP contribution in [0.5, 0.6) is 0 Å². The average molecular weight is 282 g/mol. The molecule has 3 aromatic rings. The first kappa shape index (κ1) is 11.5. The summed E-state index contributed by atoms with van der Waals surface area (Å²) in [5.41, 5.74) is 4.74. The molecule has 4 rings (SSSR count). The van der Waals surface area contributed by atoms with E-state index in [1.54, 1.807) is 12.4 Å². The van der Waals surface area contributed by atoms with E-state index in [4.69, 9.17) is 0 Å². The summed E-state index contributed by atoms with van der Waals surface area (Å²) in [6.07, 6.45) is 3.93. The molecule has 5 nitrogen and oxygen atoms in total. The van der Waals surface area contributed by atoms with Crippen molar-refractivity contribution in [3.8, 4) is 0 Å². The fourth-order valence-electron chi connectivity index (χ4n) is 2.70. The van der Waals surface area contributed by atoms with E-state index < -0.39 is 0 Å². The molecule has 1 N–H and O–H groups in total. The minimum atomic E-state index is 0.00866. The minimum Gasteiger partial charge on any atom is -0.326 e. The van der Waals surface area contributed by atoms with Gasteiger partial charge in [0, 0.05) is 36.0 Å². The molecule has 0 aliphatic carbocycles. The summed E-state index contributed by atoms with van der Waals surface area (Å²) in [4.78, 5) is 16.0. The highest BCUT2D eigenvalue weighted by Gasteiger charge is 2.29. The molecule has 3 heterocycles. The molecule has 0 spiro atoms. The molecule has 0 radical (unpaired) electrons. The third-order valence-electron chi connectivity index (χ3n) is 3.59. The number of benzene rings is 1. The van der Waals surface area contributed by atoms with Gasteiger partial charge in [-0.3, -0.25) is 9.78 Å². The highest BCUT2D eigenvalue weighted by atomic mass is 32.1. The third kappa shape index (κ3) is 1.69. The lowest BCUT2D eigenvalue weighted by Gasteiger charge is -2.25. The molecule has 1 aromatic carbocycles. The van der Waals surface area contributed by atoms with E-state index in [0.717, 1.165) is 27.8 Å². The predicted octanol–water partition coefficient (Wildman–Crippen LogP) is 2.56. The number of hydrogen-bond donors (Lipinski definition) is 1. The summed E-state index contributed by atoms with van der Waals surface area (Å²) in [7, 11) is 0. The fourth-order valence-corrected chi connectivity index (χ4v) is 3.25. The number of aromatic nitrogens is 3. The van der Waals surface area contributed by atoms with Crippen LogP contribution in [0.25, 0.3) is 11.0 Å². The van der Waals surface area contributed by atoms with Gasteiger partial charge in [0.1, 0.15) is 11.0 Å². The SMILES string of the molecule is O=C1C[C@@H](c2ccncc2)c2c(ccc3nsnc23)N1. The lowest BCUT2D eigenvalue weighted by molar-refractivity contribution is -0.116. The third-order valence-corrected chi connectivity index (χ3v) is 4.13. The molecule has 98 valence electrons. The van der Waals surface area contributed by atoms with E-state index in [2.05, 4.69) is 19.0 Å². The number of carbonyl (C=O) groups excluding carboxylic acids is 1. The molecule has 0 saturated carbocycles. The Morgan fingerprint density at radius 3 is 2.85 bits per heavy atom. The number of hydrogen-bond acceptors (Lipinski definition) is 5. The summed E-state index contributed by atoms with van der Waals surface area (Å²) in [6, 6.07) is 7.70. The first-order chi connectivity index (χ1) is 9.83. The van der Waals surface area contributed by atoms with E-state index in [-0.39, 0.29) is 11.8 Å². The second-order valence-corrected chi connectivity index (χ2v) is 5.27. The fraction of sp³-hybridized carbons (Fsp3) is 0.143. The number of anilines is 1. The highest BCUT2D eigenvalue weighted by molar-refractivity contribution is 7.00. The maximum Gasteiger partial charge on any atom is 0.225 e. The lowest BCUT2D eigenvalue weighted by atomic mass is 9.84. The molecular formula is C14H10N4OS. The number of carbonyl (C=O) groups is 1. The van der Waals surface area contributed by atoms with Crippen LogP contribution in [0.15, 0.2) is 36.7 Å². The van der Waals surface area contributed by atoms with Crippen LogP contribution in [0.1, 0.15) is 23.5 Å². The zero-order valence-electron chi connectivity index (χ0n) is 10.4. The van der Waals surface area contributed by atoms with Crippen LogP contribution in [0, 0.1) is 0 Å². The van der Waals surface area contributed by atoms with Crippen molar-refractivity contribution < 1.29 is 4.79 Å². The largest absolute Gasteiger partial charge is 0.326 e. The van der Waals surface area contributed by atoms with E-state index in [1.807, 2.05) is 24.3 Å². The maximum atomic E-state index is 11.9. The molecule has 1 aliphatic rings. The topological polar surface area (TPSA) is 67.8 Å². The van der Waals surface area contributed by atoms with Crippen LogP contribution in [0.3, 0.4) is 0 Å².